The zero-order chi connectivity index (χ0) is 22.2. The van der Waals surface area contributed by atoms with Crippen LogP contribution >= 0.6 is 0 Å². The number of anilines is 2. The molecule has 2 N–H and O–H groups in total. The molecule has 0 saturated carbocycles. The maximum atomic E-state index is 14.1. The first-order chi connectivity index (χ1) is 15.0. The monoisotopic (exact) mass is 428 g/mol. The highest BCUT2D eigenvalue weighted by Gasteiger charge is 2.12. The SMILES string of the molecule is CN1CCCC1.COCC(=O)Nc1cnc2nc(-c3cc(NC=O)ccc3F)cn2c1. The molecule has 1 saturated heterocycles. The summed E-state index contributed by atoms with van der Waals surface area (Å²) in [7, 11) is 3.60. The Labute approximate surface area is 179 Å². The fraction of sp³-hybridized carbons (Fsp3) is 0.333. The largest absolute Gasteiger partial charge is 0.375 e. The smallest absolute Gasteiger partial charge is 0.250 e. The number of fused-ring (bicyclic) bond motifs is 1. The van der Waals surface area contributed by atoms with E-state index in [0.29, 0.717) is 29.3 Å². The summed E-state index contributed by atoms with van der Waals surface area (Å²) in [5, 5.41) is 5.09. The average molecular weight is 428 g/mol. The molecule has 1 aromatic carbocycles. The number of rotatable bonds is 6. The van der Waals surface area contributed by atoms with Gasteiger partial charge in [-0.05, 0) is 51.2 Å². The van der Waals surface area contributed by atoms with Gasteiger partial charge in [-0.25, -0.2) is 14.4 Å². The fourth-order valence-electron chi connectivity index (χ4n) is 3.16. The van der Waals surface area contributed by atoms with Crippen molar-refractivity contribution in [2.45, 2.75) is 12.8 Å². The van der Waals surface area contributed by atoms with E-state index in [-0.39, 0.29) is 18.1 Å². The molecule has 0 radical (unpaired) electrons. The number of methoxy groups -OCH3 is 1. The van der Waals surface area contributed by atoms with Crippen molar-refractivity contribution < 1.29 is 18.7 Å². The number of likely N-dealkylation sites (tertiary alicyclic amines) is 1. The molecule has 0 atom stereocenters. The molecule has 0 bridgehead atoms. The van der Waals surface area contributed by atoms with Gasteiger partial charge >= 0.3 is 0 Å². The second-order valence-corrected chi connectivity index (χ2v) is 7.12. The quantitative estimate of drug-likeness (QED) is 0.585. The predicted molar refractivity (Wildman–Crippen MR) is 115 cm³/mol. The predicted octanol–water partition coefficient (Wildman–Crippen LogP) is 2.40. The van der Waals surface area contributed by atoms with Crippen LogP contribution in [0.25, 0.3) is 17.0 Å². The van der Waals surface area contributed by atoms with Gasteiger partial charge < -0.3 is 20.3 Å². The van der Waals surface area contributed by atoms with Gasteiger partial charge in [0.05, 0.1) is 17.6 Å². The molecule has 2 amide bonds. The van der Waals surface area contributed by atoms with Gasteiger partial charge in [-0.3, -0.25) is 14.0 Å². The third-order valence-electron chi connectivity index (χ3n) is 4.67. The Morgan fingerprint density at radius 2 is 2.03 bits per heavy atom. The second-order valence-electron chi connectivity index (χ2n) is 7.12. The molecule has 164 valence electrons. The number of imidazole rings is 1. The molecule has 0 unspecified atom stereocenters. The number of amides is 2. The Hall–Kier alpha value is -3.37. The lowest BCUT2D eigenvalue weighted by molar-refractivity contribution is -0.119. The lowest BCUT2D eigenvalue weighted by Gasteiger charge is -2.03. The van der Waals surface area contributed by atoms with Crippen LogP contribution in [0.5, 0.6) is 0 Å². The van der Waals surface area contributed by atoms with Crippen molar-refractivity contribution in [1.82, 2.24) is 19.3 Å². The van der Waals surface area contributed by atoms with Crippen molar-refractivity contribution >= 4 is 29.5 Å². The van der Waals surface area contributed by atoms with Crippen LogP contribution < -0.4 is 10.6 Å². The van der Waals surface area contributed by atoms with Crippen molar-refractivity contribution in [3.63, 3.8) is 0 Å². The van der Waals surface area contributed by atoms with E-state index >= 15 is 0 Å². The molecule has 10 heteroatoms. The van der Waals surface area contributed by atoms with E-state index in [0.717, 1.165) is 0 Å². The standard InChI is InChI=1S/C16H14FN5O3.C5H11N/c1-25-8-15(24)20-11-5-18-16-21-14(7-22(16)6-11)12-4-10(19-9-23)2-3-13(12)17;1-6-4-2-3-5-6/h2-7,9H,8H2,1H3,(H,19,23)(H,20,24);2-5H2,1H3. The van der Waals surface area contributed by atoms with E-state index < -0.39 is 5.82 Å². The van der Waals surface area contributed by atoms with Gasteiger partial charge in [-0.15, -0.1) is 0 Å². The van der Waals surface area contributed by atoms with E-state index in [1.54, 1.807) is 16.8 Å². The zero-order valence-electron chi connectivity index (χ0n) is 17.5. The maximum absolute atomic E-state index is 14.1. The topological polar surface area (TPSA) is 101 Å². The van der Waals surface area contributed by atoms with Crippen molar-refractivity contribution in [2.24, 2.45) is 0 Å². The van der Waals surface area contributed by atoms with E-state index in [1.165, 1.54) is 57.4 Å². The Morgan fingerprint density at radius 3 is 2.68 bits per heavy atom. The van der Waals surface area contributed by atoms with Crippen molar-refractivity contribution in [2.75, 3.05) is 44.5 Å². The minimum absolute atomic E-state index is 0.0745. The average Bonchev–Trinajstić information content (AvgIpc) is 3.39. The molecular formula is C21H25FN6O3. The summed E-state index contributed by atoms with van der Waals surface area (Å²) >= 11 is 0. The molecule has 1 aliphatic rings. The van der Waals surface area contributed by atoms with E-state index in [9.17, 15) is 14.0 Å². The van der Waals surface area contributed by atoms with Gasteiger partial charge in [0.2, 0.25) is 18.1 Å². The number of carbonyl (C=O) groups is 2. The first-order valence-corrected chi connectivity index (χ1v) is 9.82. The lowest BCUT2D eigenvalue weighted by Crippen LogP contribution is -2.17. The molecule has 2 aromatic heterocycles. The molecule has 1 fully saturated rings. The number of nitrogens with zero attached hydrogens (tertiary/aromatic N) is 4. The highest BCUT2D eigenvalue weighted by atomic mass is 19.1. The van der Waals surface area contributed by atoms with Gasteiger partial charge in [0.25, 0.3) is 0 Å². The number of halogens is 1. The molecule has 1 aliphatic heterocycles. The summed E-state index contributed by atoms with van der Waals surface area (Å²) in [5.74, 6) is -0.455. The number of hydrogen-bond acceptors (Lipinski definition) is 6. The zero-order valence-corrected chi connectivity index (χ0v) is 17.5. The minimum Gasteiger partial charge on any atom is -0.375 e. The van der Waals surface area contributed by atoms with Gasteiger partial charge in [0, 0.05) is 30.8 Å². The summed E-state index contributed by atoms with van der Waals surface area (Å²) in [6, 6.07) is 4.17. The summed E-state index contributed by atoms with van der Waals surface area (Å²) in [5.41, 5.74) is 1.47. The Balaban J connectivity index is 0.000000391. The molecule has 3 aromatic rings. The Bertz CT molecular complexity index is 1050. The molecule has 3 heterocycles. The van der Waals surface area contributed by atoms with Gasteiger partial charge in [-0.2, -0.15) is 0 Å². The highest BCUT2D eigenvalue weighted by Crippen LogP contribution is 2.25. The third-order valence-corrected chi connectivity index (χ3v) is 4.67. The Kier molecular flexibility index (Phi) is 7.63. The number of benzene rings is 1. The molecule has 31 heavy (non-hydrogen) atoms. The van der Waals surface area contributed by atoms with Crippen molar-refractivity contribution in [1.29, 1.82) is 0 Å². The normalized spacial score (nSPS) is 13.5. The van der Waals surface area contributed by atoms with E-state index in [1.807, 2.05) is 0 Å². The van der Waals surface area contributed by atoms with Crippen LogP contribution in [0.3, 0.4) is 0 Å². The highest BCUT2D eigenvalue weighted by molar-refractivity contribution is 5.91. The molecule has 0 aliphatic carbocycles. The third kappa shape index (κ3) is 6.06. The van der Waals surface area contributed by atoms with E-state index in [4.69, 9.17) is 4.74 Å². The summed E-state index contributed by atoms with van der Waals surface area (Å²) < 4.78 is 20.4. The van der Waals surface area contributed by atoms with Crippen molar-refractivity contribution in [3.8, 4) is 11.3 Å². The maximum Gasteiger partial charge on any atom is 0.250 e. The molecule has 0 spiro atoms. The first kappa shape index (κ1) is 22.3. The minimum atomic E-state index is -0.478. The molecule has 4 rings (SSSR count). The van der Waals surface area contributed by atoms with Gasteiger partial charge in [0.15, 0.2) is 0 Å². The molecular weight excluding hydrogens is 403 g/mol. The number of carbonyl (C=O) groups excluding carboxylic acids is 2. The molecule has 9 nitrogen and oxygen atoms in total. The Morgan fingerprint density at radius 1 is 1.26 bits per heavy atom. The van der Waals surface area contributed by atoms with Crippen molar-refractivity contribution in [3.05, 3.63) is 42.6 Å². The van der Waals surface area contributed by atoms with Gasteiger partial charge in [0.1, 0.15) is 12.4 Å². The van der Waals surface area contributed by atoms with Crippen LogP contribution in [-0.4, -0.2) is 65.4 Å². The number of hydrogen-bond donors (Lipinski definition) is 2. The van der Waals surface area contributed by atoms with Crippen LogP contribution in [0.4, 0.5) is 15.8 Å². The fourth-order valence-corrected chi connectivity index (χ4v) is 3.16. The number of nitrogens with one attached hydrogen (secondary N) is 2. The van der Waals surface area contributed by atoms with Crippen LogP contribution in [0, 0.1) is 5.82 Å². The van der Waals surface area contributed by atoms with Gasteiger partial charge in [-0.1, -0.05) is 0 Å². The van der Waals surface area contributed by atoms with Crippen LogP contribution in [-0.2, 0) is 14.3 Å². The number of aromatic nitrogens is 3. The summed E-state index contributed by atoms with van der Waals surface area (Å²) in [6.07, 6.45) is 7.97. The summed E-state index contributed by atoms with van der Waals surface area (Å²) in [6.45, 7) is 2.56. The second kappa shape index (κ2) is 10.6. The number of ether oxygens (including phenoxy) is 1. The van der Waals surface area contributed by atoms with Crippen LogP contribution in [0.1, 0.15) is 12.8 Å². The first-order valence-electron chi connectivity index (χ1n) is 9.82. The summed E-state index contributed by atoms with van der Waals surface area (Å²) in [4.78, 5) is 32.8. The van der Waals surface area contributed by atoms with E-state index in [2.05, 4.69) is 32.5 Å². The lowest BCUT2D eigenvalue weighted by atomic mass is 10.1. The van der Waals surface area contributed by atoms with Crippen LogP contribution in [0.15, 0.2) is 36.8 Å². The van der Waals surface area contributed by atoms with Crippen LogP contribution in [0.2, 0.25) is 0 Å².